The van der Waals surface area contributed by atoms with Gasteiger partial charge < -0.3 is 15.2 Å². The van der Waals surface area contributed by atoms with Crippen LogP contribution in [0, 0.1) is 12.8 Å². The van der Waals surface area contributed by atoms with Crippen LogP contribution in [0.4, 0.5) is 0 Å². The third-order valence-corrected chi connectivity index (χ3v) is 2.55. The van der Waals surface area contributed by atoms with Gasteiger partial charge in [0.15, 0.2) is 11.8 Å². The van der Waals surface area contributed by atoms with E-state index in [1.165, 1.54) is 12.8 Å². The van der Waals surface area contributed by atoms with Crippen molar-refractivity contribution in [1.82, 2.24) is 20.8 Å². The molecular formula is C11H19N5O. The van der Waals surface area contributed by atoms with Gasteiger partial charge in [-0.15, -0.1) is 0 Å². The van der Waals surface area contributed by atoms with E-state index >= 15 is 0 Å². The molecule has 17 heavy (non-hydrogen) atoms. The molecule has 0 spiro atoms. The second-order valence-corrected chi connectivity index (χ2v) is 4.25. The molecule has 0 unspecified atom stereocenters. The number of aromatic nitrogens is 2. The molecule has 2 N–H and O–H groups in total. The predicted octanol–water partition coefficient (Wildman–Crippen LogP) is 0.843. The molecule has 0 amide bonds. The Bertz CT molecular complexity index is 383. The largest absolute Gasteiger partial charge is 0.357 e. The third kappa shape index (κ3) is 4.05. The monoisotopic (exact) mass is 237 g/mol. The first-order valence-electron chi connectivity index (χ1n) is 6.09. The van der Waals surface area contributed by atoms with Gasteiger partial charge in [-0.05, 0) is 25.7 Å². The molecule has 6 heteroatoms. The molecule has 0 aromatic carbocycles. The van der Waals surface area contributed by atoms with Crippen molar-refractivity contribution < 1.29 is 4.52 Å². The fraction of sp³-hybridized carbons (Fsp3) is 0.727. The predicted molar refractivity (Wildman–Crippen MR) is 64.6 cm³/mol. The Labute approximate surface area is 101 Å². The number of aliphatic imine (C=N–C) groups is 1. The average Bonchev–Trinajstić information content (AvgIpc) is 3.05. The molecule has 2 rings (SSSR count). The number of nitrogens with one attached hydrogen (secondary N) is 2. The normalized spacial score (nSPS) is 16.0. The van der Waals surface area contributed by atoms with E-state index in [4.69, 9.17) is 4.52 Å². The van der Waals surface area contributed by atoms with Crippen LogP contribution in [-0.4, -0.2) is 29.2 Å². The summed E-state index contributed by atoms with van der Waals surface area (Å²) in [7, 11) is 0. The van der Waals surface area contributed by atoms with Crippen molar-refractivity contribution in [3.8, 4) is 0 Å². The third-order valence-electron chi connectivity index (χ3n) is 2.55. The van der Waals surface area contributed by atoms with E-state index in [0.717, 1.165) is 25.0 Å². The summed E-state index contributed by atoms with van der Waals surface area (Å²) in [5.74, 6) is 2.84. The molecule has 1 aromatic rings. The number of hydrogen-bond donors (Lipinski definition) is 2. The van der Waals surface area contributed by atoms with E-state index in [1.54, 1.807) is 6.92 Å². The summed E-state index contributed by atoms with van der Waals surface area (Å²) < 4.78 is 4.89. The van der Waals surface area contributed by atoms with Crippen LogP contribution in [0.5, 0.6) is 0 Å². The zero-order valence-corrected chi connectivity index (χ0v) is 10.4. The highest BCUT2D eigenvalue weighted by atomic mass is 16.5. The summed E-state index contributed by atoms with van der Waals surface area (Å²) in [6.45, 7) is 6.11. The van der Waals surface area contributed by atoms with Crippen LogP contribution < -0.4 is 10.6 Å². The van der Waals surface area contributed by atoms with Crippen molar-refractivity contribution in [2.75, 3.05) is 13.1 Å². The Hall–Kier alpha value is -1.59. The van der Waals surface area contributed by atoms with Crippen LogP contribution in [0.15, 0.2) is 9.52 Å². The average molecular weight is 237 g/mol. The van der Waals surface area contributed by atoms with Crippen LogP contribution in [0.2, 0.25) is 0 Å². The van der Waals surface area contributed by atoms with Crippen molar-refractivity contribution in [1.29, 1.82) is 0 Å². The quantitative estimate of drug-likeness (QED) is 0.586. The van der Waals surface area contributed by atoms with E-state index in [1.807, 2.05) is 6.92 Å². The molecule has 1 heterocycles. The van der Waals surface area contributed by atoms with Crippen LogP contribution in [-0.2, 0) is 6.54 Å². The molecular weight excluding hydrogens is 218 g/mol. The molecule has 6 nitrogen and oxygen atoms in total. The van der Waals surface area contributed by atoms with Crippen LogP contribution in [0.1, 0.15) is 31.5 Å². The fourth-order valence-electron chi connectivity index (χ4n) is 1.46. The standard InChI is InChI=1S/C11H19N5O/c1-3-12-11(13-6-9-4-5-9)14-7-10-15-8(2)17-16-10/h9H,3-7H2,1-2H3,(H2,12,13,14). The van der Waals surface area contributed by atoms with Crippen molar-refractivity contribution in [3.05, 3.63) is 11.7 Å². The molecule has 1 aliphatic carbocycles. The maximum atomic E-state index is 4.89. The van der Waals surface area contributed by atoms with Gasteiger partial charge in [-0.1, -0.05) is 5.16 Å². The molecule has 0 atom stereocenters. The van der Waals surface area contributed by atoms with Gasteiger partial charge in [-0.2, -0.15) is 4.98 Å². The minimum absolute atomic E-state index is 0.442. The van der Waals surface area contributed by atoms with Crippen molar-refractivity contribution in [2.24, 2.45) is 10.9 Å². The fourth-order valence-corrected chi connectivity index (χ4v) is 1.46. The Morgan fingerprint density at radius 1 is 1.47 bits per heavy atom. The van der Waals surface area contributed by atoms with Gasteiger partial charge in [-0.3, -0.25) is 0 Å². The van der Waals surface area contributed by atoms with Gasteiger partial charge in [0.2, 0.25) is 5.89 Å². The summed E-state index contributed by atoms with van der Waals surface area (Å²) in [5, 5.41) is 10.3. The number of rotatable bonds is 5. The summed E-state index contributed by atoms with van der Waals surface area (Å²) >= 11 is 0. The minimum Gasteiger partial charge on any atom is -0.357 e. The Morgan fingerprint density at radius 2 is 2.29 bits per heavy atom. The summed E-state index contributed by atoms with van der Waals surface area (Å²) in [6, 6.07) is 0. The smallest absolute Gasteiger partial charge is 0.223 e. The highest BCUT2D eigenvalue weighted by Crippen LogP contribution is 2.27. The van der Waals surface area contributed by atoms with E-state index < -0.39 is 0 Å². The van der Waals surface area contributed by atoms with Gasteiger partial charge in [0, 0.05) is 20.0 Å². The van der Waals surface area contributed by atoms with E-state index in [2.05, 4.69) is 25.8 Å². The second-order valence-electron chi connectivity index (χ2n) is 4.25. The molecule has 1 fully saturated rings. The molecule has 0 aliphatic heterocycles. The maximum absolute atomic E-state index is 4.89. The lowest BCUT2D eigenvalue weighted by molar-refractivity contribution is 0.387. The Morgan fingerprint density at radius 3 is 2.88 bits per heavy atom. The van der Waals surface area contributed by atoms with Gasteiger partial charge >= 0.3 is 0 Å². The first-order valence-corrected chi connectivity index (χ1v) is 6.09. The van der Waals surface area contributed by atoms with Crippen LogP contribution in [0.3, 0.4) is 0 Å². The Balaban J connectivity index is 1.84. The number of hydrogen-bond acceptors (Lipinski definition) is 4. The van der Waals surface area contributed by atoms with Gasteiger partial charge in [0.05, 0.1) is 0 Å². The second kappa shape index (κ2) is 5.65. The summed E-state index contributed by atoms with van der Waals surface area (Å²) in [4.78, 5) is 8.52. The molecule has 94 valence electrons. The highest BCUT2D eigenvalue weighted by Gasteiger charge is 2.21. The first kappa shape index (κ1) is 11.9. The zero-order chi connectivity index (χ0) is 12.1. The number of aryl methyl sites for hydroxylation is 1. The number of nitrogens with zero attached hydrogens (tertiary/aromatic N) is 3. The van der Waals surface area contributed by atoms with Gasteiger partial charge in [0.1, 0.15) is 6.54 Å². The van der Waals surface area contributed by atoms with Crippen molar-refractivity contribution in [3.63, 3.8) is 0 Å². The minimum atomic E-state index is 0.442. The molecule has 1 saturated carbocycles. The molecule has 0 bridgehead atoms. The molecule has 0 saturated heterocycles. The Kier molecular flexibility index (Phi) is 3.95. The van der Waals surface area contributed by atoms with E-state index in [0.29, 0.717) is 18.3 Å². The first-order chi connectivity index (χ1) is 8.28. The lowest BCUT2D eigenvalue weighted by Gasteiger charge is -2.09. The summed E-state index contributed by atoms with van der Waals surface area (Å²) in [6.07, 6.45) is 2.66. The number of guanidine groups is 1. The van der Waals surface area contributed by atoms with Crippen LogP contribution >= 0.6 is 0 Å². The van der Waals surface area contributed by atoms with E-state index in [9.17, 15) is 0 Å². The maximum Gasteiger partial charge on any atom is 0.223 e. The lowest BCUT2D eigenvalue weighted by Crippen LogP contribution is -2.38. The molecule has 0 radical (unpaired) electrons. The summed E-state index contributed by atoms with van der Waals surface area (Å²) in [5.41, 5.74) is 0. The van der Waals surface area contributed by atoms with E-state index in [-0.39, 0.29) is 0 Å². The van der Waals surface area contributed by atoms with Gasteiger partial charge in [0.25, 0.3) is 0 Å². The molecule has 1 aromatic heterocycles. The topological polar surface area (TPSA) is 75.3 Å². The SMILES string of the molecule is CCNC(=NCc1noc(C)n1)NCC1CC1. The zero-order valence-electron chi connectivity index (χ0n) is 10.4. The highest BCUT2D eigenvalue weighted by molar-refractivity contribution is 5.79. The van der Waals surface area contributed by atoms with Gasteiger partial charge in [-0.25, -0.2) is 4.99 Å². The van der Waals surface area contributed by atoms with Crippen molar-refractivity contribution >= 4 is 5.96 Å². The van der Waals surface area contributed by atoms with Crippen LogP contribution in [0.25, 0.3) is 0 Å². The molecule has 1 aliphatic rings. The van der Waals surface area contributed by atoms with Crippen molar-refractivity contribution in [2.45, 2.75) is 33.2 Å². The lowest BCUT2D eigenvalue weighted by atomic mass is 10.4.